The summed E-state index contributed by atoms with van der Waals surface area (Å²) < 4.78 is 0. The van der Waals surface area contributed by atoms with Gasteiger partial charge in [-0.25, -0.2) is 0 Å². The minimum atomic E-state index is 0. The van der Waals surface area contributed by atoms with Gasteiger partial charge in [0.1, 0.15) is 9.55 Å². The lowest BCUT2D eigenvalue weighted by molar-refractivity contribution is 0.737. The monoisotopic (exact) mass is 140 g/mol. The molecule has 0 aliphatic rings. The van der Waals surface area contributed by atoms with Crippen LogP contribution in [-0.2, 0) is 0 Å². The number of hydrogen-bond donors (Lipinski definition) is 0. The van der Waals surface area contributed by atoms with Crippen LogP contribution in [0.25, 0.3) is 0 Å². The Morgan fingerprint density at radius 1 is 1.14 bits per heavy atom. The third-order valence-corrected chi connectivity index (χ3v) is 0. The van der Waals surface area contributed by atoms with Crippen molar-refractivity contribution in [1.29, 1.82) is 0 Å². The Hall–Kier alpha value is 0.507. The molecule has 0 atom stereocenters. The maximum atomic E-state index is 4.78. The van der Waals surface area contributed by atoms with E-state index in [1.807, 2.05) is 0 Å². The predicted molar refractivity (Wildman–Crippen MR) is 43.0 cm³/mol. The molecule has 2 heteroatoms. The predicted octanol–water partition coefficient (Wildman–Crippen LogP) is 1.80. The van der Waals surface area contributed by atoms with Crippen LogP contribution in [0, 0.1) is 5.92 Å². The first kappa shape index (κ1) is 15.6. The van der Waals surface area contributed by atoms with Gasteiger partial charge in [0.05, 0.1) is 0 Å². The van der Waals surface area contributed by atoms with Crippen LogP contribution in [0.1, 0.15) is 28.2 Å². The smallest absolute Gasteiger partial charge is 0.109 e. The first-order chi connectivity index (χ1) is 2.73. The molecule has 48 valence electrons. The molecule has 0 aliphatic carbocycles. The topological polar surface area (TPSA) is 0 Å². The molecule has 0 bridgehead atoms. The quantitative estimate of drug-likeness (QED) is 0.356. The van der Waals surface area contributed by atoms with Gasteiger partial charge in [-0.05, 0) is 5.92 Å². The van der Waals surface area contributed by atoms with Crippen LogP contribution in [0.3, 0.4) is 0 Å². The SMILES string of the molecule is C.CC(C)C.[SiH3]Cl. The highest BCUT2D eigenvalue weighted by molar-refractivity contribution is 6.80. The summed E-state index contributed by atoms with van der Waals surface area (Å²) in [6, 6.07) is 0. The number of hydrogen-bond acceptors (Lipinski definition) is 0. The van der Waals surface area contributed by atoms with Crippen LogP contribution in [0.15, 0.2) is 0 Å². The summed E-state index contributed by atoms with van der Waals surface area (Å²) in [7, 11) is 0.778. The van der Waals surface area contributed by atoms with Gasteiger partial charge in [0.2, 0.25) is 0 Å². The standard InChI is InChI=1S/C4H10.CH4.ClH3Si/c1-4(2)3;;1-2/h4H,1-3H3;1H4;2H3. The molecule has 0 heterocycles. The number of halogens is 1. The van der Waals surface area contributed by atoms with E-state index in [0.717, 1.165) is 15.5 Å². The maximum Gasteiger partial charge on any atom is 0.109 e. The van der Waals surface area contributed by atoms with Gasteiger partial charge in [0, 0.05) is 0 Å². The second-order valence-corrected chi connectivity index (χ2v) is 1.73. The largest absolute Gasteiger partial charge is 0.181 e. The molecule has 0 amide bonds. The molecule has 0 saturated carbocycles. The molecule has 0 unspecified atom stereocenters. The highest BCUT2D eigenvalue weighted by Gasteiger charge is 1.68. The maximum absolute atomic E-state index is 4.78. The molecule has 0 aromatic heterocycles. The Morgan fingerprint density at radius 2 is 1.14 bits per heavy atom. The molecule has 0 radical (unpaired) electrons. The Morgan fingerprint density at radius 3 is 1.14 bits per heavy atom. The van der Waals surface area contributed by atoms with E-state index < -0.39 is 0 Å². The molecule has 0 nitrogen and oxygen atoms in total. The Kier molecular flexibility index (Phi) is 35.9. The summed E-state index contributed by atoms with van der Waals surface area (Å²) in [4.78, 5) is 0. The molecular formula is C5H17ClSi. The van der Waals surface area contributed by atoms with Crippen molar-refractivity contribution in [3.05, 3.63) is 0 Å². The molecule has 0 saturated heterocycles. The molecule has 0 fully saturated rings. The van der Waals surface area contributed by atoms with Crippen LogP contribution in [0.5, 0.6) is 0 Å². The average Bonchev–Trinajstić information content (AvgIpc) is 1.41. The lowest BCUT2D eigenvalue weighted by Gasteiger charge is -1.79. The Bertz CT molecular complexity index is 12.8. The summed E-state index contributed by atoms with van der Waals surface area (Å²) in [5, 5.41) is 0. The zero-order valence-corrected chi connectivity index (χ0v) is 7.71. The first-order valence-electron chi connectivity index (χ1n) is 2.11. The van der Waals surface area contributed by atoms with Gasteiger partial charge in [-0.3, -0.25) is 0 Å². The van der Waals surface area contributed by atoms with Crippen LogP contribution in [0.4, 0.5) is 0 Å². The van der Waals surface area contributed by atoms with Gasteiger partial charge < -0.3 is 0 Å². The van der Waals surface area contributed by atoms with E-state index >= 15 is 0 Å². The summed E-state index contributed by atoms with van der Waals surface area (Å²) in [6.07, 6.45) is 0. The summed E-state index contributed by atoms with van der Waals surface area (Å²) in [6.45, 7) is 6.50. The van der Waals surface area contributed by atoms with Crippen molar-refractivity contribution in [1.82, 2.24) is 0 Å². The summed E-state index contributed by atoms with van der Waals surface area (Å²) >= 11 is 4.78. The van der Waals surface area contributed by atoms with Gasteiger partial charge in [0.25, 0.3) is 0 Å². The molecule has 0 aromatic rings. The Balaban J connectivity index is -0.0000000480. The van der Waals surface area contributed by atoms with E-state index in [-0.39, 0.29) is 7.43 Å². The fourth-order valence-corrected chi connectivity index (χ4v) is 0. The van der Waals surface area contributed by atoms with E-state index in [1.54, 1.807) is 0 Å². The van der Waals surface area contributed by atoms with Crippen molar-refractivity contribution < 1.29 is 0 Å². The average molecular weight is 141 g/mol. The molecule has 0 spiro atoms. The van der Waals surface area contributed by atoms with Gasteiger partial charge in [-0.15, -0.1) is 0 Å². The van der Waals surface area contributed by atoms with Crippen molar-refractivity contribution in [3.8, 4) is 0 Å². The first-order valence-corrected chi connectivity index (χ1v) is 5.13. The van der Waals surface area contributed by atoms with Crippen molar-refractivity contribution in [2.75, 3.05) is 0 Å². The summed E-state index contributed by atoms with van der Waals surface area (Å²) in [5.41, 5.74) is 0. The lowest BCUT2D eigenvalue weighted by atomic mass is 10.3. The number of rotatable bonds is 0. The van der Waals surface area contributed by atoms with Gasteiger partial charge in [-0.1, -0.05) is 28.2 Å². The molecule has 0 aromatic carbocycles. The van der Waals surface area contributed by atoms with Gasteiger partial charge in [0.15, 0.2) is 0 Å². The van der Waals surface area contributed by atoms with Crippen LogP contribution < -0.4 is 0 Å². The van der Waals surface area contributed by atoms with Crippen LogP contribution in [0.2, 0.25) is 0 Å². The Labute approximate surface area is 55.4 Å². The van der Waals surface area contributed by atoms with Gasteiger partial charge in [-0.2, -0.15) is 11.1 Å². The van der Waals surface area contributed by atoms with E-state index in [1.165, 1.54) is 0 Å². The van der Waals surface area contributed by atoms with Crippen LogP contribution in [-0.4, -0.2) is 9.55 Å². The van der Waals surface area contributed by atoms with E-state index in [4.69, 9.17) is 11.1 Å². The van der Waals surface area contributed by atoms with Crippen molar-refractivity contribution in [2.24, 2.45) is 5.92 Å². The minimum Gasteiger partial charge on any atom is -0.181 e. The van der Waals surface area contributed by atoms with Crippen molar-refractivity contribution >= 4 is 20.6 Å². The van der Waals surface area contributed by atoms with E-state index in [0.29, 0.717) is 0 Å². The zero-order valence-electron chi connectivity index (χ0n) is 4.96. The third-order valence-electron chi connectivity index (χ3n) is 0. The molecular weight excluding hydrogens is 124 g/mol. The van der Waals surface area contributed by atoms with Crippen LogP contribution >= 0.6 is 11.1 Å². The molecule has 0 N–H and O–H groups in total. The fraction of sp³-hybridized carbons (Fsp3) is 1.00. The van der Waals surface area contributed by atoms with Gasteiger partial charge >= 0.3 is 0 Å². The fourth-order valence-electron chi connectivity index (χ4n) is 0. The third kappa shape index (κ3) is 514. The molecule has 0 aliphatic heterocycles. The highest BCUT2D eigenvalue weighted by atomic mass is 35.6. The second kappa shape index (κ2) is 16.0. The van der Waals surface area contributed by atoms with E-state index in [2.05, 4.69) is 20.8 Å². The molecule has 7 heavy (non-hydrogen) atoms. The normalized spacial score (nSPS) is 6.43. The van der Waals surface area contributed by atoms with E-state index in [9.17, 15) is 0 Å². The second-order valence-electron chi connectivity index (χ2n) is 1.73. The minimum absolute atomic E-state index is 0. The molecule has 0 rings (SSSR count). The van der Waals surface area contributed by atoms with Crippen molar-refractivity contribution in [3.63, 3.8) is 0 Å². The highest BCUT2D eigenvalue weighted by Crippen LogP contribution is 1.81. The zero-order chi connectivity index (χ0) is 5.58. The summed E-state index contributed by atoms with van der Waals surface area (Å²) in [5.74, 6) is 0.833. The lowest BCUT2D eigenvalue weighted by Crippen LogP contribution is -1.66. The van der Waals surface area contributed by atoms with Crippen molar-refractivity contribution in [2.45, 2.75) is 28.2 Å².